The Morgan fingerprint density at radius 2 is 2.17 bits per heavy atom. The fraction of sp³-hybridized carbons (Fsp3) is 0.533. The van der Waals surface area contributed by atoms with Crippen molar-refractivity contribution >= 4 is 5.95 Å². The summed E-state index contributed by atoms with van der Waals surface area (Å²) in [6.07, 6.45) is 0.464. The molecule has 1 unspecified atom stereocenters. The van der Waals surface area contributed by atoms with E-state index in [1.54, 1.807) is 10.7 Å². The van der Waals surface area contributed by atoms with Crippen molar-refractivity contribution in [3.05, 3.63) is 35.4 Å². The van der Waals surface area contributed by atoms with E-state index in [1.807, 2.05) is 11.9 Å². The lowest BCUT2D eigenvalue weighted by molar-refractivity contribution is -0.0838. The van der Waals surface area contributed by atoms with Crippen molar-refractivity contribution in [3.63, 3.8) is 0 Å². The first kappa shape index (κ1) is 16.7. The van der Waals surface area contributed by atoms with Gasteiger partial charge in [0.05, 0.1) is 32.5 Å². The summed E-state index contributed by atoms with van der Waals surface area (Å²) in [4.78, 5) is 1.89. The van der Waals surface area contributed by atoms with Gasteiger partial charge in [0, 0.05) is 13.6 Å². The van der Waals surface area contributed by atoms with E-state index in [-0.39, 0.29) is 6.10 Å². The van der Waals surface area contributed by atoms with Gasteiger partial charge in [0.2, 0.25) is 5.95 Å². The summed E-state index contributed by atoms with van der Waals surface area (Å²) in [5, 5.41) is 11.7. The van der Waals surface area contributed by atoms with E-state index in [1.165, 1.54) is 6.07 Å². The lowest BCUT2D eigenvalue weighted by Gasteiger charge is -2.27. The number of rotatable bonds is 6. The molecule has 3 rings (SSSR count). The van der Waals surface area contributed by atoms with Crippen LogP contribution in [0.25, 0.3) is 0 Å². The lowest BCUT2D eigenvalue weighted by Crippen LogP contribution is -2.39. The molecule has 0 bridgehead atoms. The van der Waals surface area contributed by atoms with Gasteiger partial charge >= 0.3 is 0 Å². The highest BCUT2D eigenvalue weighted by Crippen LogP contribution is 2.13. The van der Waals surface area contributed by atoms with Crippen molar-refractivity contribution in [1.82, 2.24) is 20.2 Å². The molecule has 7 nitrogen and oxygen atoms in total. The molecule has 1 aromatic heterocycles. The number of anilines is 1. The monoisotopic (exact) mass is 339 g/mol. The average Bonchev–Trinajstić information content (AvgIpc) is 3.05. The van der Waals surface area contributed by atoms with Gasteiger partial charge in [-0.15, -0.1) is 0 Å². The number of aryl methyl sites for hydroxylation is 2. The molecule has 130 valence electrons. The molecule has 0 amide bonds. The quantitative estimate of drug-likeness (QED) is 0.784. The molecule has 9 heteroatoms. The van der Waals surface area contributed by atoms with Crippen LogP contribution in [-0.2, 0) is 22.4 Å². The minimum absolute atomic E-state index is 0.0277. The molecule has 1 saturated heterocycles. The van der Waals surface area contributed by atoms with Crippen LogP contribution < -0.4 is 4.90 Å². The summed E-state index contributed by atoms with van der Waals surface area (Å²) < 4.78 is 38.8. The first-order chi connectivity index (χ1) is 11.6. The third kappa shape index (κ3) is 4.04. The molecule has 1 aliphatic rings. The predicted molar refractivity (Wildman–Crippen MR) is 81.7 cm³/mol. The second-order valence-electron chi connectivity index (χ2n) is 5.65. The van der Waals surface area contributed by atoms with Crippen molar-refractivity contribution in [2.45, 2.75) is 19.1 Å². The van der Waals surface area contributed by atoms with Gasteiger partial charge in [-0.1, -0.05) is 11.2 Å². The van der Waals surface area contributed by atoms with E-state index < -0.39 is 11.6 Å². The molecule has 0 radical (unpaired) electrons. The van der Waals surface area contributed by atoms with Gasteiger partial charge in [0.15, 0.2) is 11.6 Å². The van der Waals surface area contributed by atoms with Crippen LogP contribution in [0.3, 0.4) is 0 Å². The van der Waals surface area contributed by atoms with Crippen molar-refractivity contribution in [2.24, 2.45) is 0 Å². The first-order valence-corrected chi connectivity index (χ1v) is 7.74. The predicted octanol–water partition coefficient (Wildman–Crippen LogP) is 1.05. The van der Waals surface area contributed by atoms with E-state index in [0.717, 1.165) is 6.07 Å². The third-order valence-electron chi connectivity index (χ3n) is 3.81. The Hall–Kier alpha value is -2.13. The minimum atomic E-state index is -0.851. The van der Waals surface area contributed by atoms with E-state index in [2.05, 4.69) is 15.5 Å². The van der Waals surface area contributed by atoms with Gasteiger partial charge in [0.25, 0.3) is 0 Å². The van der Waals surface area contributed by atoms with Gasteiger partial charge in [0.1, 0.15) is 0 Å². The van der Waals surface area contributed by atoms with Crippen LogP contribution in [0.1, 0.15) is 5.56 Å². The van der Waals surface area contributed by atoms with Gasteiger partial charge in [-0.3, -0.25) is 0 Å². The molecule has 1 aliphatic heterocycles. The van der Waals surface area contributed by atoms with Crippen LogP contribution in [0.5, 0.6) is 0 Å². The standard InChI is InChI=1S/C15H19F2N5O2/c1-21(9-12-10-23-6-7-24-12)15-18-19-20-22(15)5-4-11-2-3-13(16)14(17)8-11/h2-3,8,12H,4-7,9-10H2,1H3. The largest absolute Gasteiger partial charge is 0.376 e. The summed E-state index contributed by atoms with van der Waals surface area (Å²) in [6, 6.07) is 3.87. The van der Waals surface area contributed by atoms with Gasteiger partial charge < -0.3 is 14.4 Å². The Bertz CT molecular complexity index is 676. The SMILES string of the molecule is CN(CC1COCCO1)c1nnnn1CCc1ccc(F)c(F)c1. The van der Waals surface area contributed by atoms with Gasteiger partial charge in [-0.05, 0) is 34.5 Å². The highest BCUT2D eigenvalue weighted by atomic mass is 19.2. The zero-order valence-electron chi connectivity index (χ0n) is 13.4. The molecule has 1 atom stereocenters. The summed E-state index contributed by atoms with van der Waals surface area (Å²) >= 11 is 0. The second kappa shape index (κ2) is 7.63. The van der Waals surface area contributed by atoms with E-state index >= 15 is 0 Å². The molecular formula is C15H19F2N5O2. The molecule has 0 spiro atoms. The van der Waals surface area contributed by atoms with Crippen LogP contribution in [0.2, 0.25) is 0 Å². The Labute approximate surface area is 138 Å². The summed E-state index contributed by atoms with van der Waals surface area (Å²) in [6.45, 7) is 2.80. The van der Waals surface area contributed by atoms with Crippen molar-refractivity contribution < 1.29 is 18.3 Å². The number of aromatic nitrogens is 4. The maximum atomic E-state index is 13.3. The Kier molecular flexibility index (Phi) is 5.31. The molecular weight excluding hydrogens is 320 g/mol. The van der Waals surface area contributed by atoms with Crippen LogP contribution in [0.15, 0.2) is 18.2 Å². The smallest absolute Gasteiger partial charge is 0.245 e. The average molecular weight is 339 g/mol. The zero-order chi connectivity index (χ0) is 16.9. The molecule has 1 aromatic carbocycles. The maximum Gasteiger partial charge on any atom is 0.245 e. The van der Waals surface area contributed by atoms with E-state index in [4.69, 9.17) is 9.47 Å². The minimum Gasteiger partial charge on any atom is -0.376 e. The van der Waals surface area contributed by atoms with Crippen LogP contribution in [-0.4, -0.2) is 59.7 Å². The van der Waals surface area contributed by atoms with Gasteiger partial charge in [-0.25, -0.2) is 13.5 Å². The van der Waals surface area contributed by atoms with Crippen LogP contribution in [0, 0.1) is 11.6 Å². The number of hydrogen-bond acceptors (Lipinski definition) is 6. The van der Waals surface area contributed by atoms with Crippen LogP contribution in [0.4, 0.5) is 14.7 Å². The molecule has 0 saturated carbocycles. The van der Waals surface area contributed by atoms with Crippen molar-refractivity contribution in [1.29, 1.82) is 0 Å². The number of ether oxygens (including phenoxy) is 2. The summed E-state index contributed by atoms with van der Waals surface area (Å²) in [7, 11) is 1.87. The second-order valence-corrected chi connectivity index (χ2v) is 5.65. The van der Waals surface area contributed by atoms with Gasteiger partial charge in [-0.2, -0.15) is 0 Å². The number of nitrogens with zero attached hydrogens (tertiary/aromatic N) is 5. The number of tetrazole rings is 1. The van der Waals surface area contributed by atoms with Crippen molar-refractivity contribution in [2.75, 3.05) is 38.3 Å². The lowest BCUT2D eigenvalue weighted by atomic mass is 10.1. The normalized spacial score (nSPS) is 17.9. The molecule has 2 aromatic rings. The highest BCUT2D eigenvalue weighted by molar-refractivity contribution is 5.27. The Morgan fingerprint density at radius 1 is 1.29 bits per heavy atom. The van der Waals surface area contributed by atoms with E-state index in [0.29, 0.717) is 50.8 Å². The third-order valence-corrected chi connectivity index (χ3v) is 3.81. The molecule has 2 heterocycles. The molecule has 0 N–H and O–H groups in total. The highest BCUT2D eigenvalue weighted by Gasteiger charge is 2.19. The number of halogens is 2. The molecule has 24 heavy (non-hydrogen) atoms. The molecule has 0 aliphatic carbocycles. The fourth-order valence-electron chi connectivity index (χ4n) is 2.58. The maximum absolute atomic E-state index is 13.3. The Balaban J connectivity index is 1.60. The van der Waals surface area contributed by atoms with Crippen LogP contribution >= 0.6 is 0 Å². The Morgan fingerprint density at radius 3 is 2.92 bits per heavy atom. The first-order valence-electron chi connectivity index (χ1n) is 7.74. The fourth-order valence-corrected chi connectivity index (χ4v) is 2.58. The topological polar surface area (TPSA) is 65.3 Å². The summed E-state index contributed by atoms with van der Waals surface area (Å²) in [5.41, 5.74) is 0.682. The number of likely N-dealkylation sites (N-methyl/N-ethyl adjacent to an activating group) is 1. The number of benzene rings is 1. The molecule has 1 fully saturated rings. The van der Waals surface area contributed by atoms with E-state index in [9.17, 15) is 8.78 Å². The number of hydrogen-bond donors (Lipinski definition) is 0. The zero-order valence-corrected chi connectivity index (χ0v) is 13.4. The van der Waals surface area contributed by atoms with Crippen molar-refractivity contribution in [3.8, 4) is 0 Å². The summed E-state index contributed by atoms with van der Waals surface area (Å²) in [5.74, 6) is -1.11.